The number of carbonyl (C=O) groups excluding carboxylic acids is 1. The summed E-state index contributed by atoms with van der Waals surface area (Å²) >= 11 is 0. The van der Waals surface area contributed by atoms with Gasteiger partial charge in [-0.1, -0.05) is 13.3 Å². The third kappa shape index (κ3) is 4.50. The second-order valence-corrected chi connectivity index (χ2v) is 6.92. The minimum atomic E-state index is -3.92. The molecule has 1 heterocycles. The number of furan rings is 1. The predicted molar refractivity (Wildman–Crippen MR) is 74.5 cm³/mol. The lowest BCUT2D eigenvalue weighted by molar-refractivity contribution is 0.0863. The highest BCUT2D eigenvalue weighted by atomic mass is 35.7. The van der Waals surface area contributed by atoms with Crippen LogP contribution < -0.4 is 5.32 Å². The molecule has 0 aliphatic carbocycles. The number of methoxy groups -OCH3 is 1. The number of hydrogen-bond donors (Lipinski definition) is 1. The van der Waals surface area contributed by atoms with Crippen molar-refractivity contribution in [2.45, 2.75) is 37.6 Å². The van der Waals surface area contributed by atoms with Crippen molar-refractivity contribution in [3.63, 3.8) is 0 Å². The van der Waals surface area contributed by atoms with E-state index in [4.69, 9.17) is 19.8 Å². The summed E-state index contributed by atoms with van der Waals surface area (Å²) in [7, 11) is 2.87. The fourth-order valence-corrected chi connectivity index (χ4v) is 2.92. The van der Waals surface area contributed by atoms with Gasteiger partial charge in [-0.25, -0.2) is 8.42 Å². The summed E-state index contributed by atoms with van der Waals surface area (Å²) in [5.74, 6) is -0.488. The minimum Gasteiger partial charge on any atom is -0.455 e. The molecule has 20 heavy (non-hydrogen) atoms. The molecule has 1 aromatic heterocycles. The molecule has 0 aromatic carbocycles. The molecule has 114 valence electrons. The molecule has 1 aromatic rings. The summed E-state index contributed by atoms with van der Waals surface area (Å²) in [5, 5.41) is 2.73. The Labute approximate surface area is 122 Å². The molecule has 0 aliphatic rings. The van der Waals surface area contributed by atoms with E-state index in [1.165, 1.54) is 6.92 Å². The van der Waals surface area contributed by atoms with Gasteiger partial charge in [0, 0.05) is 23.9 Å². The van der Waals surface area contributed by atoms with Gasteiger partial charge in [0.2, 0.25) is 0 Å². The molecule has 8 heteroatoms. The van der Waals surface area contributed by atoms with E-state index in [-0.39, 0.29) is 22.5 Å². The average Bonchev–Trinajstić information content (AvgIpc) is 2.72. The summed E-state index contributed by atoms with van der Waals surface area (Å²) < 4.78 is 32.7. The quantitative estimate of drug-likeness (QED) is 0.776. The Balaban J connectivity index is 2.87. The smallest absolute Gasteiger partial charge is 0.287 e. The van der Waals surface area contributed by atoms with Crippen molar-refractivity contribution in [1.29, 1.82) is 0 Å². The summed E-state index contributed by atoms with van der Waals surface area (Å²) in [6.07, 6.45) is 1.63. The number of aryl methyl sites for hydroxylation is 1. The third-order valence-corrected chi connectivity index (χ3v) is 4.13. The lowest BCUT2D eigenvalue weighted by Crippen LogP contribution is -2.37. The van der Waals surface area contributed by atoms with Crippen LogP contribution in [0.3, 0.4) is 0 Å². The SMILES string of the molecule is CCCC(COC)NC(=O)c1cc(S(=O)(=O)Cl)c(C)o1. The highest BCUT2D eigenvalue weighted by Gasteiger charge is 2.23. The maximum Gasteiger partial charge on any atom is 0.287 e. The molecule has 1 N–H and O–H groups in total. The van der Waals surface area contributed by atoms with Crippen LogP contribution in [0.2, 0.25) is 0 Å². The van der Waals surface area contributed by atoms with Crippen molar-refractivity contribution in [2.75, 3.05) is 13.7 Å². The van der Waals surface area contributed by atoms with Gasteiger partial charge in [0.15, 0.2) is 5.76 Å². The molecule has 1 amide bonds. The lowest BCUT2D eigenvalue weighted by Gasteiger charge is -2.16. The highest BCUT2D eigenvalue weighted by molar-refractivity contribution is 8.13. The number of halogens is 1. The van der Waals surface area contributed by atoms with Crippen molar-refractivity contribution in [1.82, 2.24) is 5.32 Å². The first-order valence-corrected chi connectivity index (χ1v) is 8.45. The molecule has 1 atom stereocenters. The van der Waals surface area contributed by atoms with E-state index in [0.29, 0.717) is 6.61 Å². The largest absolute Gasteiger partial charge is 0.455 e. The van der Waals surface area contributed by atoms with Crippen LogP contribution >= 0.6 is 10.7 Å². The van der Waals surface area contributed by atoms with Gasteiger partial charge < -0.3 is 14.5 Å². The second kappa shape index (κ2) is 7.10. The highest BCUT2D eigenvalue weighted by Crippen LogP contribution is 2.23. The van der Waals surface area contributed by atoms with Crippen LogP contribution in [0.15, 0.2) is 15.4 Å². The molecule has 0 saturated carbocycles. The zero-order valence-corrected chi connectivity index (χ0v) is 13.2. The van der Waals surface area contributed by atoms with Crippen LogP contribution in [0.4, 0.5) is 0 Å². The van der Waals surface area contributed by atoms with Gasteiger partial charge >= 0.3 is 0 Å². The maximum absolute atomic E-state index is 12.0. The molecule has 0 fully saturated rings. The Bertz CT molecular complexity index is 560. The molecule has 6 nitrogen and oxygen atoms in total. The topological polar surface area (TPSA) is 85.6 Å². The van der Waals surface area contributed by atoms with Crippen LogP contribution in [0.1, 0.15) is 36.1 Å². The summed E-state index contributed by atoms with van der Waals surface area (Å²) in [5.41, 5.74) is 0. The molecule has 0 aliphatic heterocycles. The average molecular weight is 324 g/mol. The van der Waals surface area contributed by atoms with E-state index in [0.717, 1.165) is 18.9 Å². The number of ether oxygens (including phenoxy) is 1. The van der Waals surface area contributed by atoms with Gasteiger partial charge in [0.1, 0.15) is 10.7 Å². The monoisotopic (exact) mass is 323 g/mol. The van der Waals surface area contributed by atoms with E-state index in [9.17, 15) is 13.2 Å². The van der Waals surface area contributed by atoms with Gasteiger partial charge in [-0.15, -0.1) is 0 Å². The number of rotatable bonds is 7. The molecule has 0 radical (unpaired) electrons. The van der Waals surface area contributed by atoms with Crippen molar-refractivity contribution in [2.24, 2.45) is 0 Å². The summed E-state index contributed by atoms with van der Waals surface area (Å²) in [4.78, 5) is 11.8. The lowest BCUT2D eigenvalue weighted by atomic mass is 10.2. The van der Waals surface area contributed by atoms with Crippen molar-refractivity contribution >= 4 is 25.6 Å². The van der Waals surface area contributed by atoms with Crippen LogP contribution in [0.25, 0.3) is 0 Å². The van der Waals surface area contributed by atoms with Gasteiger partial charge in [-0.2, -0.15) is 0 Å². The van der Waals surface area contributed by atoms with Crippen LogP contribution in [0, 0.1) is 6.92 Å². The van der Waals surface area contributed by atoms with Gasteiger partial charge in [-0.05, 0) is 13.3 Å². The number of nitrogens with one attached hydrogen (secondary N) is 1. The summed E-state index contributed by atoms with van der Waals surface area (Å²) in [6.45, 7) is 3.80. The molecular formula is C12H18ClNO5S. The first kappa shape index (κ1) is 17.0. The van der Waals surface area contributed by atoms with Gasteiger partial charge in [0.25, 0.3) is 15.0 Å². The Kier molecular flexibility index (Phi) is 6.04. The predicted octanol–water partition coefficient (Wildman–Crippen LogP) is 2.06. The minimum absolute atomic E-state index is 0.0843. The van der Waals surface area contributed by atoms with Crippen LogP contribution in [-0.4, -0.2) is 34.1 Å². The van der Waals surface area contributed by atoms with Crippen LogP contribution in [0.5, 0.6) is 0 Å². The fraction of sp³-hybridized carbons (Fsp3) is 0.583. The Morgan fingerprint density at radius 1 is 1.55 bits per heavy atom. The molecule has 1 rings (SSSR count). The van der Waals surface area contributed by atoms with E-state index in [1.54, 1.807) is 7.11 Å². The van der Waals surface area contributed by atoms with Crippen molar-refractivity contribution < 1.29 is 22.4 Å². The number of amides is 1. The first-order chi connectivity index (χ1) is 9.29. The van der Waals surface area contributed by atoms with Crippen molar-refractivity contribution in [3.8, 4) is 0 Å². The van der Waals surface area contributed by atoms with E-state index < -0.39 is 15.0 Å². The third-order valence-electron chi connectivity index (χ3n) is 2.70. The van der Waals surface area contributed by atoms with Gasteiger partial charge in [-0.3, -0.25) is 4.79 Å². The normalized spacial score (nSPS) is 13.2. The Morgan fingerprint density at radius 2 is 2.20 bits per heavy atom. The standard InChI is InChI=1S/C12H18ClNO5S/c1-4-5-9(7-18-3)14-12(15)10-6-11(8(2)19-10)20(13,16)17/h6,9H,4-5,7H2,1-3H3,(H,14,15). The van der Waals surface area contributed by atoms with E-state index in [2.05, 4.69) is 5.32 Å². The van der Waals surface area contributed by atoms with Crippen molar-refractivity contribution in [3.05, 3.63) is 17.6 Å². The molecule has 0 bridgehead atoms. The zero-order chi connectivity index (χ0) is 15.3. The molecule has 1 unspecified atom stereocenters. The number of hydrogen-bond acceptors (Lipinski definition) is 5. The van der Waals surface area contributed by atoms with E-state index in [1.807, 2.05) is 6.92 Å². The molecule has 0 spiro atoms. The Hall–Kier alpha value is -1.05. The molecule has 0 saturated heterocycles. The summed E-state index contributed by atoms with van der Waals surface area (Å²) in [6, 6.07) is 0.974. The first-order valence-electron chi connectivity index (χ1n) is 6.14. The molecular weight excluding hydrogens is 306 g/mol. The van der Waals surface area contributed by atoms with Crippen LogP contribution in [-0.2, 0) is 13.8 Å². The second-order valence-electron chi connectivity index (χ2n) is 4.38. The van der Waals surface area contributed by atoms with Gasteiger partial charge in [0.05, 0.1) is 12.6 Å². The number of carbonyl (C=O) groups is 1. The fourth-order valence-electron chi connectivity index (χ4n) is 1.82. The maximum atomic E-state index is 12.0. The zero-order valence-electron chi connectivity index (χ0n) is 11.6. The van der Waals surface area contributed by atoms with E-state index >= 15 is 0 Å². The Morgan fingerprint density at radius 3 is 2.65 bits per heavy atom.